The highest BCUT2D eigenvalue weighted by Gasteiger charge is 2.11. The van der Waals surface area contributed by atoms with Gasteiger partial charge in [-0.05, 0) is 18.6 Å². The summed E-state index contributed by atoms with van der Waals surface area (Å²) in [6.45, 7) is 9.44. The Morgan fingerprint density at radius 1 is 1.03 bits per heavy atom. The van der Waals surface area contributed by atoms with Crippen LogP contribution in [-0.4, -0.2) is 24.9 Å². The van der Waals surface area contributed by atoms with Crippen molar-refractivity contribution < 1.29 is 9.53 Å². The number of allylic oxidation sites excluding steroid dienone is 3. The summed E-state index contributed by atoms with van der Waals surface area (Å²) in [5, 5.41) is 2.61. The Hall–Kier alpha value is -4.19. The van der Waals surface area contributed by atoms with Crippen LogP contribution in [0.1, 0.15) is 18.1 Å². The maximum absolute atomic E-state index is 11.6. The molecule has 0 saturated heterocycles. The number of amides is 1. The number of nitrogens with zero attached hydrogens (tertiary/aromatic N) is 2. The first-order valence-electron chi connectivity index (χ1n) is 9.54. The second-order valence-electron chi connectivity index (χ2n) is 6.36. The molecule has 6 nitrogen and oxygen atoms in total. The fraction of sp³-hybridized carbons (Fsp3) is 0.0800. The molecule has 1 amide bonds. The fourth-order valence-electron chi connectivity index (χ4n) is 2.58. The molecule has 31 heavy (non-hydrogen) atoms. The van der Waals surface area contributed by atoms with Crippen molar-refractivity contribution in [2.75, 3.05) is 7.11 Å². The van der Waals surface area contributed by atoms with E-state index in [0.717, 1.165) is 11.1 Å². The molecule has 6 heteroatoms. The molecule has 0 aliphatic heterocycles. The topological polar surface area (TPSA) is 89.1 Å². The number of nitrogens with one attached hydrogen (secondary N) is 1. The Labute approximate surface area is 182 Å². The molecule has 0 aliphatic carbocycles. The predicted molar refractivity (Wildman–Crippen MR) is 128 cm³/mol. The smallest absolute Gasteiger partial charge is 0.411 e. The maximum atomic E-state index is 11.6. The highest BCUT2D eigenvalue weighted by atomic mass is 16.5. The fourth-order valence-corrected chi connectivity index (χ4v) is 2.58. The van der Waals surface area contributed by atoms with Gasteiger partial charge in [0, 0.05) is 16.8 Å². The van der Waals surface area contributed by atoms with Gasteiger partial charge in [0.15, 0.2) is 5.84 Å². The average molecular weight is 415 g/mol. The first-order valence-corrected chi connectivity index (χ1v) is 9.54. The number of benzene rings is 2. The first-order chi connectivity index (χ1) is 15.0. The van der Waals surface area contributed by atoms with Crippen LogP contribution < -0.4 is 11.1 Å². The molecule has 2 rings (SSSR count). The molecule has 0 aliphatic rings. The summed E-state index contributed by atoms with van der Waals surface area (Å²) in [6, 6.07) is 19.1. The van der Waals surface area contributed by atoms with E-state index >= 15 is 0 Å². The zero-order valence-corrected chi connectivity index (χ0v) is 17.7. The summed E-state index contributed by atoms with van der Waals surface area (Å²) >= 11 is 0. The number of methoxy groups -OCH3 is 1. The second-order valence-corrected chi connectivity index (χ2v) is 6.36. The number of ether oxygens (including phenoxy) is 1. The maximum Gasteiger partial charge on any atom is 0.411 e. The summed E-state index contributed by atoms with van der Waals surface area (Å²) in [7, 11) is 1.29. The second kappa shape index (κ2) is 11.7. The summed E-state index contributed by atoms with van der Waals surface area (Å²) in [5.74, 6) is 0.554. The minimum atomic E-state index is -0.607. The van der Waals surface area contributed by atoms with Crippen molar-refractivity contribution in [3.05, 3.63) is 114 Å². The molecule has 0 aromatic heterocycles. The van der Waals surface area contributed by atoms with E-state index in [9.17, 15) is 4.79 Å². The van der Waals surface area contributed by atoms with E-state index in [2.05, 4.69) is 33.2 Å². The number of carbonyl (C=O) groups excluding carboxylic acids is 1. The van der Waals surface area contributed by atoms with E-state index in [1.807, 2.05) is 60.7 Å². The van der Waals surface area contributed by atoms with Crippen molar-refractivity contribution in [3.63, 3.8) is 0 Å². The van der Waals surface area contributed by atoms with Crippen molar-refractivity contribution in [1.82, 2.24) is 5.32 Å². The minimum Gasteiger partial charge on any atom is -0.453 e. The molecule has 0 unspecified atom stereocenters. The highest BCUT2D eigenvalue weighted by molar-refractivity contribution is 6.13. The first kappa shape index (κ1) is 23.1. The Balaban J connectivity index is 2.56. The van der Waals surface area contributed by atoms with Crippen LogP contribution in [0, 0.1) is 0 Å². The largest absolute Gasteiger partial charge is 0.453 e. The molecule has 0 atom stereocenters. The van der Waals surface area contributed by atoms with Crippen LogP contribution in [-0.2, 0) is 4.74 Å². The van der Waals surface area contributed by atoms with Gasteiger partial charge in [0.25, 0.3) is 0 Å². The van der Waals surface area contributed by atoms with Crippen LogP contribution in [0.15, 0.2) is 113 Å². The number of nitrogens with two attached hydrogens (primary N) is 1. The van der Waals surface area contributed by atoms with E-state index in [-0.39, 0.29) is 5.84 Å². The van der Waals surface area contributed by atoms with Crippen LogP contribution in [0.25, 0.3) is 5.70 Å². The third kappa shape index (κ3) is 6.97. The highest BCUT2D eigenvalue weighted by Crippen LogP contribution is 2.16. The van der Waals surface area contributed by atoms with Gasteiger partial charge < -0.3 is 10.5 Å². The Morgan fingerprint density at radius 2 is 1.61 bits per heavy atom. The van der Waals surface area contributed by atoms with Crippen LogP contribution in [0.5, 0.6) is 0 Å². The number of carbonyl (C=O) groups is 1. The minimum absolute atomic E-state index is 0.162. The number of alkyl carbamates (subject to hydrolysis) is 1. The standard InChI is InChI=1S/C25H26N4O2/c1-5-6-17-22(19(3)28-25(30)31-4)23(26)29-24(21-15-11-8-12-16-21)27-18(2)20-13-9-7-10-14-20/h5-17H,1-2H2,3-4H3,(H,28,30)(H2,26,27,29)/b17-6-,22-19-. The van der Waals surface area contributed by atoms with E-state index in [1.165, 1.54) is 7.11 Å². The van der Waals surface area contributed by atoms with Gasteiger partial charge in [-0.15, -0.1) is 0 Å². The monoisotopic (exact) mass is 414 g/mol. The normalized spacial score (nSPS) is 12.8. The number of amidine groups is 2. The Kier molecular flexibility index (Phi) is 8.73. The van der Waals surface area contributed by atoms with E-state index in [4.69, 9.17) is 5.73 Å². The van der Waals surface area contributed by atoms with Crippen LogP contribution >= 0.6 is 0 Å². The van der Waals surface area contributed by atoms with Gasteiger partial charge in [-0.3, -0.25) is 5.32 Å². The lowest BCUT2D eigenvalue weighted by Gasteiger charge is -2.11. The zero-order valence-electron chi connectivity index (χ0n) is 17.7. The van der Waals surface area contributed by atoms with E-state index < -0.39 is 6.09 Å². The quantitative estimate of drug-likeness (QED) is 0.386. The average Bonchev–Trinajstić information content (AvgIpc) is 2.79. The van der Waals surface area contributed by atoms with Gasteiger partial charge in [0.05, 0.1) is 12.8 Å². The summed E-state index contributed by atoms with van der Waals surface area (Å²) in [5.41, 5.74) is 9.50. The molecule has 0 spiro atoms. The molecule has 0 radical (unpaired) electrons. The van der Waals surface area contributed by atoms with Crippen LogP contribution in [0.2, 0.25) is 0 Å². The van der Waals surface area contributed by atoms with Crippen LogP contribution in [0.3, 0.4) is 0 Å². The lowest BCUT2D eigenvalue weighted by Crippen LogP contribution is -2.26. The third-order valence-electron chi connectivity index (χ3n) is 4.16. The molecule has 3 N–H and O–H groups in total. The van der Waals surface area contributed by atoms with E-state index in [1.54, 1.807) is 25.2 Å². The Morgan fingerprint density at radius 3 is 2.16 bits per heavy atom. The predicted octanol–water partition coefficient (Wildman–Crippen LogP) is 4.83. The SMILES string of the molecule is C=C/C=C\C(C(N)=NC(=NC(=C)c1ccccc1)c1ccccc1)=C(/C)NC(=O)OC. The zero-order chi connectivity index (χ0) is 22.6. The molecule has 0 bridgehead atoms. The van der Waals surface area contributed by atoms with Gasteiger partial charge in [-0.25, -0.2) is 14.8 Å². The van der Waals surface area contributed by atoms with Gasteiger partial charge in [-0.2, -0.15) is 0 Å². The molecule has 0 fully saturated rings. The molecule has 0 heterocycles. The lowest BCUT2D eigenvalue weighted by atomic mass is 10.1. The number of rotatable bonds is 7. The van der Waals surface area contributed by atoms with Gasteiger partial charge in [-0.1, -0.05) is 86.0 Å². The summed E-state index contributed by atoms with van der Waals surface area (Å²) in [4.78, 5) is 20.8. The molecule has 0 saturated carbocycles. The van der Waals surface area contributed by atoms with Crippen molar-refractivity contribution >= 4 is 23.5 Å². The number of aliphatic imine (C=N–C) groups is 2. The van der Waals surface area contributed by atoms with Gasteiger partial charge >= 0.3 is 6.09 Å². The molecule has 158 valence electrons. The van der Waals surface area contributed by atoms with Crippen LogP contribution in [0.4, 0.5) is 4.79 Å². The molecular formula is C25H26N4O2. The van der Waals surface area contributed by atoms with E-state index in [0.29, 0.717) is 22.8 Å². The van der Waals surface area contributed by atoms with Gasteiger partial charge in [0.2, 0.25) is 0 Å². The molecule has 2 aromatic carbocycles. The lowest BCUT2D eigenvalue weighted by molar-refractivity contribution is 0.174. The third-order valence-corrected chi connectivity index (χ3v) is 4.16. The molecular weight excluding hydrogens is 388 g/mol. The van der Waals surface area contributed by atoms with Crippen molar-refractivity contribution in [2.24, 2.45) is 15.7 Å². The Bertz CT molecular complexity index is 1050. The molecule has 2 aromatic rings. The number of hydrogen-bond donors (Lipinski definition) is 2. The van der Waals surface area contributed by atoms with Crippen molar-refractivity contribution in [3.8, 4) is 0 Å². The summed E-state index contributed by atoms with van der Waals surface area (Å²) in [6.07, 6.45) is 4.39. The van der Waals surface area contributed by atoms with Crippen molar-refractivity contribution in [2.45, 2.75) is 6.92 Å². The van der Waals surface area contributed by atoms with Gasteiger partial charge in [0.1, 0.15) is 5.84 Å². The number of hydrogen-bond acceptors (Lipinski definition) is 3. The van der Waals surface area contributed by atoms with Crippen molar-refractivity contribution in [1.29, 1.82) is 0 Å². The summed E-state index contributed by atoms with van der Waals surface area (Å²) < 4.78 is 4.66.